The maximum Gasteiger partial charge on any atom is 0.265 e. The molecule has 0 spiro atoms. The van der Waals surface area contributed by atoms with Crippen molar-refractivity contribution >= 4 is 5.91 Å². The maximum atomic E-state index is 11.5. The van der Waals surface area contributed by atoms with Crippen LogP contribution in [0.3, 0.4) is 0 Å². The Balaban J connectivity index is 1.63. The van der Waals surface area contributed by atoms with Crippen molar-refractivity contribution in [3.8, 4) is 17.8 Å². The van der Waals surface area contributed by atoms with E-state index in [1.54, 1.807) is 18.3 Å². The molecule has 1 aliphatic carbocycles. The van der Waals surface area contributed by atoms with Gasteiger partial charge in [0.15, 0.2) is 6.19 Å². The van der Waals surface area contributed by atoms with Gasteiger partial charge in [-0.25, -0.2) is 4.98 Å². The van der Waals surface area contributed by atoms with Gasteiger partial charge >= 0.3 is 0 Å². The number of hydrogen-bond acceptors (Lipinski definition) is 4. The van der Waals surface area contributed by atoms with Crippen LogP contribution < -0.4 is 10.1 Å². The summed E-state index contributed by atoms with van der Waals surface area (Å²) in [7, 11) is 0. The zero-order valence-corrected chi connectivity index (χ0v) is 13.4. The standard InChI is InChI=1S/C19H19N3O2/c20-13-22-19(23)16-8-11-18(21-12-16)24-17-9-6-15(7-10-17)14-4-2-1-3-5-14/h6-12,14H,1-5H2,(H,22,23). The SMILES string of the molecule is N#CNC(=O)c1ccc(Oc2ccc(C3CCCCC3)cc2)nc1. The normalized spacial score (nSPS) is 14.6. The summed E-state index contributed by atoms with van der Waals surface area (Å²) in [6.45, 7) is 0. The van der Waals surface area contributed by atoms with Crippen molar-refractivity contribution in [2.75, 3.05) is 0 Å². The predicted molar refractivity (Wildman–Crippen MR) is 89.7 cm³/mol. The Morgan fingerprint density at radius 1 is 1.12 bits per heavy atom. The van der Waals surface area contributed by atoms with Gasteiger partial charge in [-0.05, 0) is 42.5 Å². The molecule has 1 N–H and O–H groups in total. The third-order valence-electron chi connectivity index (χ3n) is 4.35. The van der Waals surface area contributed by atoms with E-state index in [2.05, 4.69) is 22.4 Å². The van der Waals surface area contributed by atoms with Crippen LogP contribution in [0.2, 0.25) is 0 Å². The third kappa shape index (κ3) is 3.90. The van der Waals surface area contributed by atoms with Gasteiger partial charge in [-0.2, -0.15) is 5.26 Å². The monoisotopic (exact) mass is 321 g/mol. The highest BCUT2D eigenvalue weighted by molar-refractivity contribution is 5.94. The first-order chi connectivity index (χ1) is 11.8. The number of amides is 1. The molecular formula is C19H19N3O2. The van der Waals surface area contributed by atoms with Crippen LogP contribution in [-0.2, 0) is 0 Å². The highest BCUT2D eigenvalue weighted by Crippen LogP contribution is 2.33. The molecule has 1 aromatic heterocycles. The molecule has 1 aliphatic rings. The molecule has 1 aromatic carbocycles. The number of ether oxygens (including phenoxy) is 1. The van der Waals surface area contributed by atoms with E-state index >= 15 is 0 Å². The van der Waals surface area contributed by atoms with Crippen molar-refractivity contribution in [2.45, 2.75) is 38.0 Å². The summed E-state index contributed by atoms with van der Waals surface area (Å²) < 4.78 is 5.71. The Hall–Kier alpha value is -2.87. The summed E-state index contributed by atoms with van der Waals surface area (Å²) in [5, 5.41) is 10.5. The van der Waals surface area contributed by atoms with Crippen LogP contribution in [-0.4, -0.2) is 10.9 Å². The minimum atomic E-state index is -0.478. The Morgan fingerprint density at radius 2 is 1.88 bits per heavy atom. The third-order valence-corrected chi connectivity index (χ3v) is 4.35. The first kappa shape index (κ1) is 16.0. The van der Waals surface area contributed by atoms with Gasteiger partial charge in [0, 0.05) is 12.3 Å². The molecule has 0 saturated heterocycles. The van der Waals surface area contributed by atoms with E-state index < -0.39 is 5.91 Å². The molecule has 3 rings (SSSR count). The fraction of sp³-hybridized carbons (Fsp3) is 0.316. The minimum Gasteiger partial charge on any atom is -0.439 e. The van der Waals surface area contributed by atoms with Crippen LogP contribution in [0.25, 0.3) is 0 Å². The van der Waals surface area contributed by atoms with Gasteiger partial charge in [0.2, 0.25) is 5.88 Å². The first-order valence-corrected chi connectivity index (χ1v) is 8.19. The van der Waals surface area contributed by atoms with Gasteiger partial charge < -0.3 is 4.74 Å². The molecule has 2 aromatic rings. The number of rotatable bonds is 4. The molecular weight excluding hydrogens is 302 g/mol. The zero-order chi connectivity index (χ0) is 16.8. The Kier molecular flexibility index (Phi) is 5.07. The maximum absolute atomic E-state index is 11.5. The summed E-state index contributed by atoms with van der Waals surface area (Å²) >= 11 is 0. The molecule has 1 heterocycles. The van der Waals surface area contributed by atoms with E-state index in [1.807, 2.05) is 12.1 Å². The molecule has 1 amide bonds. The lowest BCUT2D eigenvalue weighted by molar-refractivity contribution is 0.0972. The average molecular weight is 321 g/mol. The number of carbonyl (C=O) groups excluding carboxylic acids is 1. The quantitative estimate of drug-likeness (QED) is 0.678. The van der Waals surface area contributed by atoms with E-state index in [0.717, 1.165) is 5.75 Å². The van der Waals surface area contributed by atoms with E-state index in [4.69, 9.17) is 10.00 Å². The molecule has 0 radical (unpaired) electrons. The number of carbonyl (C=O) groups is 1. The van der Waals surface area contributed by atoms with Crippen molar-refractivity contribution in [3.05, 3.63) is 53.7 Å². The lowest BCUT2D eigenvalue weighted by Gasteiger charge is -2.22. The van der Waals surface area contributed by atoms with Crippen LogP contribution in [0, 0.1) is 11.5 Å². The molecule has 1 saturated carbocycles. The molecule has 5 heteroatoms. The summed E-state index contributed by atoms with van der Waals surface area (Å²) in [6.07, 6.45) is 9.51. The van der Waals surface area contributed by atoms with Crippen LogP contribution in [0.15, 0.2) is 42.6 Å². The van der Waals surface area contributed by atoms with Crippen LogP contribution in [0.1, 0.15) is 53.9 Å². The van der Waals surface area contributed by atoms with Gasteiger partial charge in [0.25, 0.3) is 5.91 Å². The second-order valence-corrected chi connectivity index (χ2v) is 5.96. The van der Waals surface area contributed by atoms with Crippen molar-refractivity contribution < 1.29 is 9.53 Å². The fourth-order valence-corrected chi connectivity index (χ4v) is 3.06. The van der Waals surface area contributed by atoms with Crippen molar-refractivity contribution in [2.24, 2.45) is 0 Å². The number of aromatic nitrogens is 1. The van der Waals surface area contributed by atoms with E-state index in [0.29, 0.717) is 17.4 Å². The minimum absolute atomic E-state index is 0.316. The van der Waals surface area contributed by atoms with E-state index in [1.165, 1.54) is 43.9 Å². The number of nitriles is 1. The number of pyridine rings is 1. The van der Waals surface area contributed by atoms with Crippen molar-refractivity contribution in [1.82, 2.24) is 10.3 Å². The van der Waals surface area contributed by atoms with Gasteiger partial charge in [0.05, 0.1) is 5.56 Å². The second-order valence-electron chi connectivity index (χ2n) is 5.96. The van der Waals surface area contributed by atoms with E-state index in [9.17, 15) is 4.79 Å². The van der Waals surface area contributed by atoms with E-state index in [-0.39, 0.29) is 0 Å². The molecule has 0 atom stereocenters. The molecule has 5 nitrogen and oxygen atoms in total. The van der Waals surface area contributed by atoms with Crippen LogP contribution in [0.4, 0.5) is 0 Å². The second kappa shape index (κ2) is 7.60. The lowest BCUT2D eigenvalue weighted by atomic mass is 9.84. The average Bonchev–Trinajstić information content (AvgIpc) is 2.64. The number of nitrogens with one attached hydrogen (secondary N) is 1. The van der Waals surface area contributed by atoms with Gasteiger partial charge in [0.1, 0.15) is 5.75 Å². The fourth-order valence-electron chi connectivity index (χ4n) is 3.06. The zero-order valence-electron chi connectivity index (χ0n) is 13.4. The number of hydrogen-bond donors (Lipinski definition) is 1. The predicted octanol–water partition coefficient (Wildman–Crippen LogP) is 4.13. The highest BCUT2D eigenvalue weighted by atomic mass is 16.5. The smallest absolute Gasteiger partial charge is 0.265 e. The Bertz CT molecular complexity index is 727. The molecule has 0 bridgehead atoms. The molecule has 1 fully saturated rings. The topological polar surface area (TPSA) is 75.0 Å². The molecule has 24 heavy (non-hydrogen) atoms. The van der Waals surface area contributed by atoms with Crippen molar-refractivity contribution in [3.63, 3.8) is 0 Å². The largest absolute Gasteiger partial charge is 0.439 e. The van der Waals surface area contributed by atoms with Gasteiger partial charge in [-0.3, -0.25) is 10.1 Å². The highest BCUT2D eigenvalue weighted by Gasteiger charge is 2.15. The summed E-state index contributed by atoms with van der Waals surface area (Å²) in [5.74, 6) is 1.32. The summed E-state index contributed by atoms with van der Waals surface area (Å²) in [5.41, 5.74) is 1.69. The van der Waals surface area contributed by atoms with Crippen molar-refractivity contribution in [1.29, 1.82) is 5.26 Å². The van der Waals surface area contributed by atoms with Crippen LogP contribution in [0.5, 0.6) is 11.6 Å². The van der Waals surface area contributed by atoms with Gasteiger partial charge in [-0.15, -0.1) is 0 Å². The Morgan fingerprint density at radius 3 is 2.50 bits per heavy atom. The lowest BCUT2D eigenvalue weighted by Crippen LogP contribution is -2.17. The molecule has 122 valence electrons. The summed E-state index contributed by atoms with van der Waals surface area (Å²) in [6, 6.07) is 11.4. The molecule has 0 unspecified atom stereocenters. The number of benzene rings is 1. The van der Waals surface area contributed by atoms with Crippen LogP contribution >= 0.6 is 0 Å². The number of nitrogens with zero attached hydrogens (tertiary/aromatic N) is 2. The first-order valence-electron chi connectivity index (χ1n) is 8.19. The molecule has 0 aliphatic heterocycles. The summed E-state index contributed by atoms with van der Waals surface area (Å²) in [4.78, 5) is 15.6. The van der Waals surface area contributed by atoms with Gasteiger partial charge in [-0.1, -0.05) is 31.4 Å². The Labute approximate surface area is 141 Å².